The average molecular weight is 407 g/mol. The lowest BCUT2D eigenvalue weighted by Crippen LogP contribution is -2.11. The van der Waals surface area contributed by atoms with Crippen LogP contribution in [0.1, 0.15) is 12.8 Å². The normalized spacial score (nSPS) is 11.6. The summed E-state index contributed by atoms with van der Waals surface area (Å²) in [5.41, 5.74) is 0.678. The third-order valence-electron chi connectivity index (χ3n) is 3.59. The van der Waals surface area contributed by atoms with Crippen LogP contribution in [-0.4, -0.2) is 31.3 Å². The molecule has 3 rings (SSSR count). The van der Waals surface area contributed by atoms with Crippen LogP contribution in [0.4, 0.5) is 5.13 Å². The predicted octanol–water partition coefficient (Wildman–Crippen LogP) is 4.21. The van der Waals surface area contributed by atoms with Gasteiger partial charge in [-0.15, -0.1) is 11.8 Å². The van der Waals surface area contributed by atoms with Crippen molar-refractivity contribution >= 4 is 54.2 Å². The van der Waals surface area contributed by atoms with E-state index in [2.05, 4.69) is 22.4 Å². The molecule has 1 N–H and O–H groups in total. The number of nitrogens with zero attached hydrogens (tertiary/aromatic N) is 1. The fourth-order valence-electron chi connectivity index (χ4n) is 2.31. The summed E-state index contributed by atoms with van der Waals surface area (Å²) in [7, 11) is -3.26. The highest BCUT2D eigenvalue weighted by molar-refractivity contribution is 7.99. The minimum Gasteiger partial charge on any atom is -0.302 e. The third kappa shape index (κ3) is 5.06. The molecule has 8 heteroatoms. The van der Waals surface area contributed by atoms with Crippen LogP contribution in [0, 0.1) is 0 Å². The van der Waals surface area contributed by atoms with Crippen LogP contribution in [0.3, 0.4) is 0 Å². The number of carbonyl (C=O) groups is 1. The van der Waals surface area contributed by atoms with E-state index in [1.54, 1.807) is 23.9 Å². The van der Waals surface area contributed by atoms with E-state index in [-0.39, 0.29) is 10.8 Å². The van der Waals surface area contributed by atoms with E-state index in [4.69, 9.17) is 0 Å². The zero-order valence-corrected chi connectivity index (χ0v) is 16.6. The number of thiazole rings is 1. The smallest absolute Gasteiger partial charge is 0.226 e. The number of fused-ring (bicyclic) bond motifs is 1. The standard InChI is InChI=1S/C18H18N2O3S3/c1-26(22,23)14-9-10-15-16(12-14)25-18(19-15)20-17(21)8-5-11-24-13-6-3-2-4-7-13/h2-4,6-7,9-10,12H,5,8,11H2,1H3,(H,19,20,21). The number of carbonyl (C=O) groups excluding carboxylic acids is 1. The highest BCUT2D eigenvalue weighted by Crippen LogP contribution is 2.28. The lowest BCUT2D eigenvalue weighted by atomic mass is 10.3. The summed E-state index contributed by atoms with van der Waals surface area (Å²) < 4.78 is 24.0. The first-order chi connectivity index (χ1) is 12.4. The van der Waals surface area contributed by atoms with Gasteiger partial charge in [0.2, 0.25) is 5.91 Å². The van der Waals surface area contributed by atoms with Gasteiger partial charge in [0.15, 0.2) is 15.0 Å². The molecule has 1 aromatic heterocycles. The summed E-state index contributed by atoms with van der Waals surface area (Å²) >= 11 is 3.01. The van der Waals surface area contributed by atoms with Gasteiger partial charge < -0.3 is 5.32 Å². The summed E-state index contributed by atoms with van der Waals surface area (Å²) in [5.74, 6) is 0.788. The van der Waals surface area contributed by atoms with Crippen LogP contribution >= 0.6 is 23.1 Å². The van der Waals surface area contributed by atoms with Gasteiger partial charge in [-0.25, -0.2) is 13.4 Å². The Hall–Kier alpha value is -1.90. The number of hydrogen-bond donors (Lipinski definition) is 1. The van der Waals surface area contributed by atoms with E-state index in [1.807, 2.05) is 18.2 Å². The van der Waals surface area contributed by atoms with Gasteiger partial charge in [0.05, 0.1) is 15.1 Å². The molecule has 0 unspecified atom stereocenters. The lowest BCUT2D eigenvalue weighted by molar-refractivity contribution is -0.116. The highest BCUT2D eigenvalue weighted by Gasteiger charge is 2.12. The molecule has 136 valence electrons. The Balaban J connectivity index is 1.54. The monoisotopic (exact) mass is 406 g/mol. The molecule has 2 aromatic carbocycles. The minimum absolute atomic E-state index is 0.0824. The van der Waals surface area contributed by atoms with E-state index in [0.717, 1.165) is 16.9 Å². The van der Waals surface area contributed by atoms with E-state index in [9.17, 15) is 13.2 Å². The maximum Gasteiger partial charge on any atom is 0.226 e. The maximum atomic E-state index is 12.1. The maximum absolute atomic E-state index is 12.1. The van der Waals surface area contributed by atoms with Crippen LogP contribution in [0.25, 0.3) is 10.2 Å². The van der Waals surface area contributed by atoms with Crippen molar-refractivity contribution in [3.63, 3.8) is 0 Å². The van der Waals surface area contributed by atoms with Crippen molar-refractivity contribution in [2.75, 3.05) is 17.3 Å². The zero-order valence-electron chi connectivity index (χ0n) is 14.1. The van der Waals surface area contributed by atoms with E-state index in [0.29, 0.717) is 17.1 Å². The number of hydrogen-bond acceptors (Lipinski definition) is 6. The molecule has 0 atom stereocenters. The van der Waals surface area contributed by atoms with E-state index < -0.39 is 9.84 Å². The molecule has 0 saturated heterocycles. The molecular formula is C18H18N2O3S3. The van der Waals surface area contributed by atoms with Gasteiger partial charge in [0, 0.05) is 17.6 Å². The number of benzene rings is 2. The largest absolute Gasteiger partial charge is 0.302 e. The number of nitrogens with one attached hydrogen (secondary N) is 1. The van der Waals surface area contributed by atoms with Gasteiger partial charge in [0.25, 0.3) is 0 Å². The highest BCUT2D eigenvalue weighted by atomic mass is 32.2. The Labute approximate surface area is 160 Å². The number of anilines is 1. The molecule has 1 amide bonds. The molecule has 0 saturated carbocycles. The van der Waals surface area contributed by atoms with Crippen molar-refractivity contribution < 1.29 is 13.2 Å². The number of aromatic nitrogens is 1. The second-order valence-electron chi connectivity index (χ2n) is 5.73. The van der Waals surface area contributed by atoms with Crippen molar-refractivity contribution in [1.29, 1.82) is 0 Å². The van der Waals surface area contributed by atoms with Crippen LogP contribution < -0.4 is 5.32 Å². The second-order valence-corrected chi connectivity index (χ2v) is 9.95. The number of rotatable bonds is 7. The molecule has 3 aromatic rings. The molecule has 0 spiro atoms. The van der Waals surface area contributed by atoms with Gasteiger partial charge in [-0.05, 0) is 42.5 Å². The predicted molar refractivity (Wildman–Crippen MR) is 108 cm³/mol. The number of thioether (sulfide) groups is 1. The molecule has 0 aliphatic carbocycles. The molecule has 0 aliphatic heterocycles. The summed E-state index contributed by atoms with van der Waals surface area (Å²) in [4.78, 5) is 17.9. The van der Waals surface area contributed by atoms with Gasteiger partial charge in [-0.2, -0.15) is 0 Å². The van der Waals surface area contributed by atoms with Crippen LogP contribution in [0.5, 0.6) is 0 Å². The molecule has 0 radical (unpaired) electrons. The van der Waals surface area contributed by atoms with Gasteiger partial charge in [-0.1, -0.05) is 29.5 Å². The second kappa shape index (κ2) is 8.20. The first-order valence-corrected chi connectivity index (χ1v) is 11.7. The fraction of sp³-hybridized carbons (Fsp3) is 0.222. The zero-order chi connectivity index (χ0) is 18.6. The number of amides is 1. The molecule has 26 heavy (non-hydrogen) atoms. The summed E-state index contributed by atoms with van der Waals surface area (Å²) in [6, 6.07) is 14.9. The molecule has 0 fully saturated rings. The Bertz CT molecular complexity index is 1010. The molecular weight excluding hydrogens is 388 g/mol. The SMILES string of the molecule is CS(=O)(=O)c1ccc2nc(NC(=O)CCCSc3ccccc3)sc2c1. The van der Waals surface area contributed by atoms with Gasteiger partial charge in [0.1, 0.15) is 0 Å². The van der Waals surface area contributed by atoms with Crippen molar-refractivity contribution in [2.24, 2.45) is 0 Å². The van der Waals surface area contributed by atoms with Gasteiger partial charge in [-0.3, -0.25) is 4.79 Å². The summed E-state index contributed by atoms with van der Waals surface area (Å²) in [5, 5.41) is 3.29. The Morgan fingerprint density at radius 1 is 1.19 bits per heavy atom. The van der Waals surface area contributed by atoms with Crippen LogP contribution in [0.2, 0.25) is 0 Å². The minimum atomic E-state index is -3.26. The third-order valence-corrected chi connectivity index (χ3v) is 6.74. The first kappa shape index (κ1) is 18.9. The fourth-order valence-corrected chi connectivity index (χ4v) is 4.83. The molecule has 5 nitrogen and oxygen atoms in total. The number of sulfone groups is 1. The van der Waals surface area contributed by atoms with Crippen molar-refractivity contribution in [3.8, 4) is 0 Å². The van der Waals surface area contributed by atoms with Crippen molar-refractivity contribution in [1.82, 2.24) is 4.98 Å². The van der Waals surface area contributed by atoms with Crippen molar-refractivity contribution in [3.05, 3.63) is 48.5 Å². The summed E-state index contributed by atoms with van der Waals surface area (Å²) in [6.07, 6.45) is 2.37. The van der Waals surface area contributed by atoms with Crippen LogP contribution in [-0.2, 0) is 14.6 Å². The first-order valence-electron chi connectivity index (χ1n) is 8.00. The summed E-state index contributed by atoms with van der Waals surface area (Å²) in [6.45, 7) is 0. The quantitative estimate of drug-likeness (QED) is 0.470. The average Bonchev–Trinajstić information content (AvgIpc) is 3.00. The van der Waals surface area contributed by atoms with Crippen molar-refractivity contribution in [2.45, 2.75) is 22.6 Å². The van der Waals surface area contributed by atoms with Crippen LogP contribution in [0.15, 0.2) is 58.3 Å². The Morgan fingerprint density at radius 2 is 1.96 bits per heavy atom. The lowest BCUT2D eigenvalue weighted by Gasteiger charge is -2.02. The molecule has 1 heterocycles. The molecule has 0 bridgehead atoms. The van der Waals surface area contributed by atoms with E-state index >= 15 is 0 Å². The Morgan fingerprint density at radius 3 is 2.69 bits per heavy atom. The molecule has 0 aliphatic rings. The van der Waals surface area contributed by atoms with Gasteiger partial charge >= 0.3 is 0 Å². The topological polar surface area (TPSA) is 76.1 Å². The Kier molecular flexibility index (Phi) is 5.95. The van der Waals surface area contributed by atoms with E-state index in [1.165, 1.54) is 28.6 Å².